The van der Waals surface area contributed by atoms with Crippen LogP contribution >= 0.6 is 0 Å². The van der Waals surface area contributed by atoms with Crippen LogP contribution in [0.2, 0.25) is 0 Å². The van der Waals surface area contributed by atoms with Crippen LogP contribution in [0, 0.1) is 0 Å². The normalized spacial score (nSPS) is 21.4. The van der Waals surface area contributed by atoms with Crippen molar-refractivity contribution in [2.45, 2.75) is 30.8 Å². The summed E-state index contributed by atoms with van der Waals surface area (Å²) in [6.45, 7) is 0.771. The highest BCUT2D eigenvalue weighted by atomic mass is 19.1. The molecule has 214 valence electrons. The number of carbonyl (C=O) groups excluding carboxylic acids is 2. The van der Waals surface area contributed by atoms with Gasteiger partial charge in [-0.15, -0.1) is 0 Å². The Labute approximate surface area is 239 Å². The fraction of sp³-hybridized carbons (Fsp3) is 0.194. The number of rotatable bonds is 8. The molecule has 0 spiro atoms. The number of hydrogen-bond donors (Lipinski definition) is 2. The molecule has 0 aliphatic carbocycles. The minimum atomic E-state index is -2.37. The number of carboxylic acid groups (broad SMARTS) is 1. The molecule has 2 heterocycles. The lowest BCUT2D eigenvalue weighted by molar-refractivity contribution is -0.0642. The number of halogens is 1. The van der Waals surface area contributed by atoms with Crippen molar-refractivity contribution in [1.29, 1.82) is 0 Å². The van der Waals surface area contributed by atoms with Gasteiger partial charge in [0.1, 0.15) is 18.5 Å². The van der Waals surface area contributed by atoms with Crippen LogP contribution in [0.15, 0.2) is 102 Å². The van der Waals surface area contributed by atoms with Crippen LogP contribution in [0.1, 0.15) is 55.7 Å². The van der Waals surface area contributed by atoms with E-state index in [0.29, 0.717) is 5.56 Å². The first-order valence-electron chi connectivity index (χ1n) is 13.0. The summed E-state index contributed by atoms with van der Waals surface area (Å²) in [6, 6.07) is 23.7. The average Bonchev–Trinajstić information content (AvgIpc) is 3.26. The summed E-state index contributed by atoms with van der Waals surface area (Å²) in [5, 5.41) is 12.3. The number of aromatic carboxylic acids is 1. The second-order valence-electron chi connectivity index (χ2n) is 9.84. The van der Waals surface area contributed by atoms with Crippen LogP contribution in [0.4, 0.5) is 10.2 Å². The summed E-state index contributed by atoms with van der Waals surface area (Å²) in [7, 11) is 0. The van der Waals surface area contributed by atoms with Gasteiger partial charge in [0.25, 0.3) is 5.91 Å². The lowest BCUT2D eigenvalue weighted by atomic mass is 9.80. The number of esters is 1. The van der Waals surface area contributed by atoms with Gasteiger partial charge in [-0.05, 0) is 48.9 Å². The number of anilines is 1. The SMILES string of the molecule is C[C@]1(F)[C@H](c2ccccc2C(=O)O)[C@@H](COC(=O)c2ccccc2)O[C@@H]1n1ccc(NC(=O)c2ccccc2)nc1=O. The minimum Gasteiger partial charge on any atom is -0.478 e. The predicted molar refractivity (Wildman–Crippen MR) is 149 cm³/mol. The lowest BCUT2D eigenvalue weighted by Crippen LogP contribution is -2.39. The van der Waals surface area contributed by atoms with E-state index in [-0.39, 0.29) is 22.5 Å². The number of carboxylic acids is 1. The van der Waals surface area contributed by atoms with E-state index >= 15 is 4.39 Å². The zero-order chi connectivity index (χ0) is 29.9. The van der Waals surface area contributed by atoms with Crippen LogP contribution in [0.25, 0.3) is 0 Å². The molecule has 5 rings (SSSR count). The molecule has 0 radical (unpaired) electrons. The maximum Gasteiger partial charge on any atom is 0.351 e. The highest BCUT2D eigenvalue weighted by Gasteiger charge is 2.57. The van der Waals surface area contributed by atoms with E-state index < -0.39 is 54.1 Å². The number of ether oxygens (including phenoxy) is 2. The Morgan fingerprint density at radius 3 is 2.24 bits per heavy atom. The quantitative estimate of drug-likeness (QED) is 0.296. The molecule has 42 heavy (non-hydrogen) atoms. The molecule has 3 aromatic carbocycles. The molecule has 2 N–H and O–H groups in total. The fourth-order valence-electron chi connectivity index (χ4n) is 5.09. The number of benzene rings is 3. The summed E-state index contributed by atoms with van der Waals surface area (Å²) in [5.41, 5.74) is -2.69. The Kier molecular flexibility index (Phi) is 7.94. The molecule has 1 amide bonds. The maximum atomic E-state index is 16.8. The number of aromatic nitrogens is 2. The predicted octanol–water partition coefficient (Wildman–Crippen LogP) is 4.46. The summed E-state index contributed by atoms with van der Waals surface area (Å²) < 4.78 is 29.2. The Balaban J connectivity index is 1.46. The number of alkyl halides is 1. The smallest absolute Gasteiger partial charge is 0.351 e. The third-order valence-corrected chi connectivity index (χ3v) is 7.04. The van der Waals surface area contributed by atoms with E-state index in [2.05, 4.69) is 10.3 Å². The molecule has 10 nitrogen and oxygen atoms in total. The van der Waals surface area contributed by atoms with E-state index in [1.807, 2.05) is 0 Å². The van der Waals surface area contributed by atoms with Crippen LogP contribution < -0.4 is 11.0 Å². The second kappa shape index (κ2) is 11.8. The Morgan fingerprint density at radius 1 is 0.976 bits per heavy atom. The zero-order valence-corrected chi connectivity index (χ0v) is 22.3. The number of carbonyl (C=O) groups is 3. The van der Waals surface area contributed by atoms with Gasteiger partial charge in [-0.2, -0.15) is 4.98 Å². The highest BCUT2D eigenvalue weighted by molar-refractivity contribution is 6.03. The first-order chi connectivity index (χ1) is 20.2. The van der Waals surface area contributed by atoms with Gasteiger partial charge in [-0.1, -0.05) is 54.6 Å². The van der Waals surface area contributed by atoms with Gasteiger partial charge in [0.2, 0.25) is 0 Å². The number of hydrogen-bond acceptors (Lipinski definition) is 7. The van der Waals surface area contributed by atoms with Crippen molar-refractivity contribution in [3.8, 4) is 0 Å². The van der Waals surface area contributed by atoms with E-state index in [4.69, 9.17) is 9.47 Å². The third kappa shape index (κ3) is 5.68. The molecule has 1 aliphatic rings. The fourth-order valence-corrected chi connectivity index (χ4v) is 5.09. The van der Waals surface area contributed by atoms with E-state index in [0.717, 1.165) is 4.57 Å². The van der Waals surface area contributed by atoms with Crippen molar-refractivity contribution >= 4 is 23.7 Å². The van der Waals surface area contributed by atoms with Gasteiger partial charge in [0, 0.05) is 11.8 Å². The Bertz CT molecular complexity index is 1670. The minimum absolute atomic E-state index is 0.0511. The molecule has 1 aliphatic heterocycles. The molecule has 4 aromatic rings. The van der Waals surface area contributed by atoms with Gasteiger partial charge in [0.05, 0.1) is 17.0 Å². The molecule has 0 unspecified atom stereocenters. The molecule has 1 aromatic heterocycles. The monoisotopic (exact) mass is 571 g/mol. The molecule has 11 heteroatoms. The van der Waals surface area contributed by atoms with Crippen molar-refractivity contribution < 1.29 is 33.4 Å². The topological polar surface area (TPSA) is 137 Å². The standard InChI is InChI=1S/C31H26FN3O7/c1-31(32)25(21-14-8-9-15-22(21)27(37)38)23(18-41-28(39)20-12-6-3-7-13-20)42-29(31)35-17-16-24(34-30(35)40)33-26(36)19-10-4-2-5-11-19/h2-17,23,25,29H,18H2,1H3,(H,37,38)(H,33,34,36,40)/t23-,25-,29+,31+/m1/s1. The van der Waals surface area contributed by atoms with Gasteiger partial charge < -0.3 is 19.9 Å². The van der Waals surface area contributed by atoms with Gasteiger partial charge in [0.15, 0.2) is 11.9 Å². The summed E-state index contributed by atoms with van der Waals surface area (Å²) in [5.74, 6) is -3.74. The van der Waals surface area contributed by atoms with Crippen molar-refractivity contribution in [3.05, 3.63) is 130 Å². The Morgan fingerprint density at radius 2 is 1.60 bits per heavy atom. The van der Waals surface area contributed by atoms with Crippen LogP contribution in [-0.2, 0) is 9.47 Å². The Hall–Kier alpha value is -5.16. The molecule has 0 bridgehead atoms. The van der Waals surface area contributed by atoms with E-state index in [1.165, 1.54) is 37.4 Å². The second-order valence-corrected chi connectivity index (χ2v) is 9.84. The lowest BCUT2D eigenvalue weighted by Gasteiger charge is -2.29. The van der Waals surface area contributed by atoms with Crippen molar-refractivity contribution in [2.75, 3.05) is 11.9 Å². The number of nitrogens with one attached hydrogen (secondary N) is 1. The molecular formula is C31H26FN3O7. The molecule has 1 saturated heterocycles. The average molecular weight is 572 g/mol. The van der Waals surface area contributed by atoms with Crippen LogP contribution in [0.3, 0.4) is 0 Å². The maximum absolute atomic E-state index is 16.8. The van der Waals surface area contributed by atoms with E-state index in [9.17, 15) is 24.3 Å². The van der Waals surface area contributed by atoms with Crippen molar-refractivity contribution in [3.63, 3.8) is 0 Å². The van der Waals surface area contributed by atoms with Crippen LogP contribution in [0.5, 0.6) is 0 Å². The van der Waals surface area contributed by atoms with Gasteiger partial charge >= 0.3 is 17.6 Å². The highest BCUT2D eigenvalue weighted by Crippen LogP contribution is 2.51. The van der Waals surface area contributed by atoms with Crippen LogP contribution in [-0.4, -0.2) is 50.9 Å². The molecule has 0 saturated carbocycles. The number of amides is 1. The first kappa shape index (κ1) is 28.4. The van der Waals surface area contributed by atoms with Crippen molar-refractivity contribution in [1.82, 2.24) is 9.55 Å². The molecular weight excluding hydrogens is 545 g/mol. The molecule has 1 fully saturated rings. The largest absolute Gasteiger partial charge is 0.478 e. The summed E-state index contributed by atoms with van der Waals surface area (Å²) in [6.07, 6.45) is -1.50. The third-order valence-electron chi connectivity index (χ3n) is 7.04. The van der Waals surface area contributed by atoms with Gasteiger partial charge in [-0.3, -0.25) is 9.36 Å². The first-order valence-corrected chi connectivity index (χ1v) is 13.0. The van der Waals surface area contributed by atoms with E-state index in [1.54, 1.807) is 66.7 Å². The summed E-state index contributed by atoms with van der Waals surface area (Å²) in [4.78, 5) is 54.1. The molecule has 4 atom stereocenters. The van der Waals surface area contributed by atoms with Crippen molar-refractivity contribution in [2.24, 2.45) is 0 Å². The summed E-state index contributed by atoms with van der Waals surface area (Å²) >= 11 is 0. The van der Waals surface area contributed by atoms with Gasteiger partial charge in [-0.25, -0.2) is 18.8 Å². The zero-order valence-electron chi connectivity index (χ0n) is 22.3. The number of nitrogens with zero attached hydrogens (tertiary/aromatic N) is 2.